The molecule has 2 aromatic heterocycles. The number of aromatic nitrogens is 4. The Morgan fingerprint density at radius 3 is 2.53 bits per heavy atom. The first-order valence-electron chi connectivity index (χ1n) is 20.6. The first-order valence-corrected chi connectivity index (χ1v) is 21.4. The number of nitrogens with zero attached hydrogens (tertiary/aromatic N) is 8. The molecule has 1 atom stereocenters. The van der Waals surface area contributed by atoms with Crippen molar-refractivity contribution >= 4 is 52.7 Å². The summed E-state index contributed by atoms with van der Waals surface area (Å²) in [6.45, 7) is 8.63. The molecule has 1 spiro atoms. The molecule has 60 heavy (non-hydrogen) atoms. The van der Waals surface area contributed by atoms with Gasteiger partial charge in [-0.1, -0.05) is 23.9 Å². The third kappa shape index (κ3) is 8.65. The minimum atomic E-state index is -0.685. The van der Waals surface area contributed by atoms with E-state index in [2.05, 4.69) is 52.4 Å². The van der Waals surface area contributed by atoms with Crippen LogP contribution in [0.15, 0.2) is 76.9 Å². The van der Waals surface area contributed by atoms with Gasteiger partial charge in [-0.15, -0.1) is 10.2 Å². The molecule has 4 N–H and O–H groups in total. The molecule has 7 heterocycles. The number of hydrogen-bond acceptors (Lipinski definition) is 14. The number of carbonyl (C=O) groups excluding carboxylic acids is 4. The highest BCUT2D eigenvalue weighted by atomic mass is 32.2. The monoisotopic (exact) mass is 831 g/mol. The Kier molecular flexibility index (Phi) is 10.9. The smallest absolute Gasteiger partial charge is 0.255 e. The van der Waals surface area contributed by atoms with Gasteiger partial charge in [-0.3, -0.25) is 24.5 Å². The Bertz CT molecular complexity index is 2280. The van der Waals surface area contributed by atoms with Gasteiger partial charge in [-0.25, -0.2) is 9.97 Å². The van der Waals surface area contributed by atoms with E-state index in [4.69, 9.17) is 10.5 Å². The average molecular weight is 832 g/mol. The first-order chi connectivity index (χ1) is 29.0. The summed E-state index contributed by atoms with van der Waals surface area (Å²) in [5.41, 5.74) is 8.98. The fourth-order valence-electron chi connectivity index (χ4n) is 8.91. The Hall–Kier alpha value is -5.65. The Morgan fingerprint density at radius 1 is 0.950 bits per heavy atom. The number of nitrogens with two attached hydrogens (primary N) is 1. The van der Waals surface area contributed by atoms with Crippen molar-refractivity contribution in [2.24, 2.45) is 11.1 Å². The second kappa shape index (κ2) is 16.4. The summed E-state index contributed by atoms with van der Waals surface area (Å²) in [4.78, 5) is 68.9. The molecule has 0 aliphatic carbocycles. The second-order valence-electron chi connectivity index (χ2n) is 17.0. The summed E-state index contributed by atoms with van der Waals surface area (Å²) >= 11 is 1.52. The molecule has 5 aliphatic heterocycles. The number of likely N-dealkylation sites (tertiary alicyclic amines) is 1. The molecular weight excluding hydrogens is 783 g/mol. The van der Waals surface area contributed by atoms with E-state index in [9.17, 15) is 19.2 Å². The third-order valence-corrected chi connectivity index (χ3v) is 13.2. The molecule has 4 aromatic rings. The van der Waals surface area contributed by atoms with Crippen molar-refractivity contribution in [2.45, 2.75) is 80.1 Å². The van der Waals surface area contributed by atoms with Crippen molar-refractivity contribution in [2.75, 3.05) is 60.9 Å². The van der Waals surface area contributed by atoms with Crippen molar-refractivity contribution < 1.29 is 23.9 Å². The largest absolute Gasteiger partial charge is 0.487 e. The molecule has 4 amide bonds. The lowest BCUT2D eigenvalue weighted by Gasteiger charge is -2.48. The van der Waals surface area contributed by atoms with Crippen LogP contribution < -0.4 is 30.9 Å². The SMILES string of the molecule is CC1(N)CCN(c2cnc(Sc3cccc(NC(=O)CCN4CC5(CCN(c6ccc(COc7cccc8c7CN(C7CCC(=O)NC7=O)C8=O)nn6)C5)C4)c3)cn2)CC1. The van der Waals surface area contributed by atoms with Crippen LogP contribution in [0.3, 0.4) is 0 Å². The van der Waals surface area contributed by atoms with Gasteiger partial charge in [-0.2, -0.15) is 0 Å². The van der Waals surface area contributed by atoms with Crippen molar-refractivity contribution in [1.82, 2.24) is 35.3 Å². The van der Waals surface area contributed by atoms with Crippen LogP contribution in [0.25, 0.3) is 0 Å². The topological polar surface area (TPSA) is 192 Å². The number of rotatable bonds is 12. The molecule has 2 aromatic carbocycles. The van der Waals surface area contributed by atoms with E-state index in [1.807, 2.05) is 48.7 Å². The van der Waals surface area contributed by atoms with Crippen LogP contribution >= 0.6 is 11.8 Å². The molecule has 0 saturated carbocycles. The van der Waals surface area contributed by atoms with E-state index >= 15 is 0 Å². The lowest BCUT2D eigenvalue weighted by molar-refractivity contribution is -0.137. The molecular formula is C43H49N11O5S. The van der Waals surface area contributed by atoms with Gasteiger partial charge in [0.2, 0.25) is 17.7 Å². The Balaban J connectivity index is 0.702. The minimum absolute atomic E-state index is 0.0101. The van der Waals surface area contributed by atoms with Gasteiger partial charge in [0.15, 0.2) is 5.82 Å². The lowest BCUT2D eigenvalue weighted by atomic mass is 9.79. The van der Waals surface area contributed by atoms with Crippen molar-refractivity contribution in [3.8, 4) is 5.75 Å². The maximum atomic E-state index is 13.2. The van der Waals surface area contributed by atoms with Crippen LogP contribution in [-0.4, -0.2) is 111 Å². The zero-order valence-electron chi connectivity index (χ0n) is 33.6. The highest BCUT2D eigenvalue weighted by Crippen LogP contribution is 2.41. The molecule has 0 radical (unpaired) electrons. The van der Waals surface area contributed by atoms with Gasteiger partial charge in [-0.05, 0) is 75.1 Å². The highest BCUT2D eigenvalue weighted by Gasteiger charge is 2.48. The van der Waals surface area contributed by atoms with Crippen LogP contribution in [0.4, 0.5) is 17.3 Å². The number of hydrogen-bond donors (Lipinski definition) is 3. The number of fused-ring (bicyclic) bond motifs is 1. The maximum absolute atomic E-state index is 13.2. The van der Waals surface area contributed by atoms with Gasteiger partial charge < -0.3 is 35.4 Å². The number of anilines is 3. The number of imide groups is 1. The number of piperidine rings is 2. The number of carbonyl (C=O) groups is 4. The predicted molar refractivity (Wildman–Crippen MR) is 224 cm³/mol. The summed E-state index contributed by atoms with van der Waals surface area (Å²) in [5, 5.41) is 15.2. The fourth-order valence-corrected chi connectivity index (χ4v) is 9.69. The summed E-state index contributed by atoms with van der Waals surface area (Å²) in [7, 11) is 0. The van der Waals surface area contributed by atoms with Crippen LogP contribution in [-0.2, 0) is 27.5 Å². The normalized spacial score (nSPS) is 20.9. The van der Waals surface area contributed by atoms with E-state index in [1.54, 1.807) is 18.3 Å². The molecule has 9 rings (SSSR count). The number of nitrogens with one attached hydrogen (secondary N) is 2. The average Bonchev–Trinajstić information content (AvgIpc) is 3.82. The Labute approximate surface area is 352 Å². The fraction of sp³-hybridized carbons (Fsp3) is 0.442. The van der Waals surface area contributed by atoms with Crippen LogP contribution in [0, 0.1) is 5.41 Å². The predicted octanol–water partition coefficient (Wildman–Crippen LogP) is 3.62. The number of ether oxygens (including phenoxy) is 1. The molecule has 17 heteroatoms. The zero-order valence-corrected chi connectivity index (χ0v) is 34.5. The van der Waals surface area contributed by atoms with Crippen LogP contribution in [0.5, 0.6) is 5.75 Å². The van der Waals surface area contributed by atoms with Crippen molar-refractivity contribution in [1.29, 1.82) is 0 Å². The van der Waals surface area contributed by atoms with E-state index in [1.165, 1.54) is 16.7 Å². The van der Waals surface area contributed by atoms with E-state index in [0.717, 1.165) is 91.3 Å². The number of benzene rings is 2. The summed E-state index contributed by atoms with van der Waals surface area (Å²) in [6.07, 6.45) is 7.46. The standard InChI is InChI=1S/C43H49N11O5S/c1-42(44)13-17-52(18-14-42)36-21-46-39(22-45-36)60-30-5-2-4-28(20-30)47-38(56)12-16-51-25-43(26-51)15-19-53(27-43)35-10-8-29(49-50-35)24-59-34-7-3-6-31-32(34)23-54(41(31)58)33-9-11-37(55)48-40(33)57/h2-8,10,20-22,33H,9,11-19,23-27,44H2,1H3,(H,47,56)(H,48,55,57). The van der Waals surface area contributed by atoms with E-state index in [0.29, 0.717) is 36.4 Å². The molecule has 5 aliphatic rings. The maximum Gasteiger partial charge on any atom is 0.255 e. The summed E-state index contributed by atoms with van der Waals surface area (Å²) in [6, 6.07) is 16.3. The highest BCUT2D eigenvalue weighted by molar-refractivity contribution is 7.99. The molecule has 4 saturated heterocycles. The summed E-state index contributed by atoms with van der Waals surface area (Å²) in [5.74, 6) is 1.24. The van der Waals surface area contributed by atoms with Crippen LogP contribution in [0.1, 0.15) is 67.1 Å². The Morgan fingerprint density at radius 2 is 1.77 bits per heavy atom. The first kappa shape index (κ1) is 39.8. The minimum Gasteiger partial charge on any atom is -0.487 e. The van der Waals surface area contributed by atoms with Crippen LogP contribution in [0.2, 0.25) is 0 Å². The van der Waals surface area contributed by atoms with Crippen molar-refractivity contribution in [3.63, 3.8) is 0 Å². The third-order valence-electron chi connectivity index (χ3n) is 12.3. The molecule has 4 fully saturated rings. The quantitative estimate of drug-likeness (QED) is 0.176. The van der Waals surface area contributed by atoms with Gasteiger partial charge in [0.1, 0.15) is 34.9 Å². The molecule has 0 bridgehead atoms. The van der Waals surface area contributed by atoms with Gasteiger partial charge in [0.25, 0.3) is 5.91 Å². The zero-order chi connectivity index (χ0) is 41.4. The lowest BCUT2D eigenvalue weighted by Crippen LogP contribution is -2.57. The van der Waals surface area contributed by atoms with E-state index in [-0.39, 0.29) is 48.2 Å². The summed E-state index contributed by atoms with van der Waals surface area (Å²) < 4.78 is 6.13. The van der Waals surface area contributed by atoms with Crippen molar-refractivity contribution in [3.05, 3.63) is 83.8 Å². The molecule has 1 unspecified atom stereocenters. The van der Waals surface area contributed by atoms with E-state index < -0.39 is 11.9 Å². The van der Waals surface area contributed by atoms with Gasteiger partial charge >= 0.3 is 0 Å². The number of amides is 4. The van der Waals surface area contributed by atoms with Gasteiger partial charge in [0.05, 0.1) is 18.9 Å². The molecule has 16 nitrogen and oxygen atoms in total. The second-order valence-corrected chi connectivity index (χ2v) is 18.1. The van der Waals surface area contributed by atoms with Gasteiger partial charge in [0, 0.05) is 91.3 Å². The molecule has 312 valence electrons.